The van der Waals surface area contributed by atoms with Crippen LogP contribution in [0.4, 0.5) is 0 Å². The first-order chi connectivity index (χ1) is 30.5. The molecule has 2 atom stereocenters. The Morgan fingerprint density at radius 1 is 0.524 bits per heavy atom. The van der Waals surface area contributed by atoms with Crippen LogP contribution in [0.25, 0.3) is 0 Å². The number of esters is 2. The smallest absolute Gasteiger partial charge is 0.462 e. The second-order valence-corrected chi connectivity index (χ2v) is 19.4. The number of carbonyl (C=O) groups is 2. The molecule has 10 nitrogen and oxygen atoms in total. The van der Waals surface area contributed by atoms with Crippen molar-refractivity contribution < 1.29 is 47.2 Å². The molecule has 63 heavy (non-hydrogen) atoms. The maximum atomic E-state index is 12.7. The van der Waals surface area contributed by atoms with E-state index in [-0.39, 0.29) is 32.7 Å². The fourth-order valence-corrected chi connectivity index (χ4v) is 7.37. The van der Waals surface area contributed by atoms with Crippen molar-refractivity contribution in [3.05, 3.63) is 60.8 Å². The first-order valence-corrected chi connectivity index (χ1v) is 26.6. The van der Waals surface area contributed by atoms with Gasteiger partial charge < -0.3 is 24.0 Å². The highest BCUT2D eigenvalue weighted by Gasteiger charge is 2.27. The maximum Gasteiger partial charge on any atom is 0.472 e. The van der Waals surface area contributed by atoms with E-state index >= 15 is 0 Å². The van der Waals surface area contributed by atoms with Gasteiger partial charge in [-0.05, 0) is 83.5 Å². The highest BCUT2D eigenvalue weighted by atomic mass is 31.2. The van der Waals surface area contributed by atoms with E-state index in [9.17, 15) is 19.0 Å². The zero-order valence-corrected chi connectivity index (χ0v) is 41.6. The molecule has 1 unspecified atom stereocenters. The Morgan fingerprint density at radius 3 is 1.43 bits per heavy atom. The van der Waals surface area contributed by atoms with Gasteiger partial charge in [0.05, 0.1) is 27.7 Å². The van der Waals surface area contributed by atoms with Gasteiger partial charge in [0, 0.05) is 19.4 Å². The number of phosphoric ester groups is 1. The molecule has 0 aromatic rings. The Labute approximate surface area is 386 Å². The topological polar surface area (TPSA) is 129 Å². The molecule has 11 heteroatoms. The maximum absolute atomic E-state index is 12.7. The van der Waals surface area contributed by atoms with Crippen LogP contribution in [0.3, 0.4) is 0 Å². The number of carbonyl (C=O) groups excluding carboxylic acids is 2. The molecule has 0 aromatic carbocycles. The van der Waals surface area contributed by atoms with Gasteiger partial charge in [-0.2, -0.15) is 0 Å². The number of hydrogen-bond acceptors (Lipinski definition) is 8. The highest BCUT2D eigenvalue weighted by molar-refractivity contribution is 7.47. The van der Waals surface area contributed by atoms with Crippen molar-refractivity contribution in [1.29, 1.82) is 0 Å². The van der Waals surface area contributed by atoms with E-state index in [4.69, 9.17) is 23.6 Å². The summed E-state index contributed by atoms with van der Waals surface area (Å²) in [6.07, 6.45) is 52.9. The van der Waals surface area contributed by atoms with Crippen LogP contribution in [0, 0.1) is 0 Å². The molecule has 0 aromatic heterocycles. The van der Waals surface area contributed by atoms with Crippen LogP contribution in [0.1, 0.15) is 200 Å². The van der Waals surface area contributed by atoms with Gasteiger partial charge in [-0.15, -0.1) is 0 Å². The van der Waals surface area contributed by atoms with Crippen LogP contribution in [0.15, 0.2) is 60.8 Å². The number of unbranched alkanes of at least 4 members (excludes halogenated alkanes) is 21. The Balaban J connectivity index is 4.34. The highest BCUT2D eigenvalue weighted by Crippen LogP contribution is 2.43. The van der Waals surface area contributed by atoms with E-state index in [0.717, 1.165) is 70.6 Å². The molecule has 0 aliphatic heterocycles. The van der Waals surface area contributed by atoms with Crippen LogP contribution in [0.2, 0.25) is 0 Å². The van der Waals surface area contributed by atoms with E-state index in [1.54, 1.807) is 0 Å². The zero-order valence-electron chi connectivity index (χ0n) is 40.7. The Morgan fingerprint density at radius 2 is 0.937 bits per heavy atom. The van der Waals surface area contributed by atoms with Crippen molar-refractivity contribution in [3.63, 3.8) is 0 Å². The summed E-state index contributed by atoms with van der Waals surface area (Å²) in [5, 5.41) is 8.81. The minimum atomic E-state index is -4.40. The quantitative estimate of drug-likeness (QED) is 0.0202. The Kier molecular flexibility index (Phi) is 43.2. The van der Waals surface area contributed by atoms with Crippen LogP contribution in [-0.4, -0.2) is 86.6 Å². The van der Waals surface area contributed by atoms with E-state index in [1.165, 1.54) is 96.3 Å². The summed E-state index contributed by atoms with van der Waals surface area (Å²) >= 11 is 0. The van der Waals surface area contributed by atoms with Gasteiger partial charge in [0.25, 0.3) is 0 Å². The lowest BCUT2D eigenvalue weighted by atomic mass is 10.0. The standard InChI is InChI=1S/C52H94NO9P/c1-5-6-7-8-9-10-11-12-13-14-15-16-17-19-23-26-29-32-35-38-41-44-52(56)62-50(49-61-63(57,58)60-47-45-53(2,3)4)48-59-51(55)43-40-37-34-31-28-25-22-20-18-21-24-27-30-33-36-39-42-46-54/h12-13,18,21-22,25,27,30-31,34,50,54H,5-11,14-17,19-20,23-24,26,28-29,32-33,35-49H2,1-4H3/p+1/b13-12-,21-18-,25-22-,30-27-,34-31-/t50-/m1/s1. The number of quaternary nitrogens is 1. The molecule has 0 fully saturated rings. The number of ether oxygens (including phenoxy) is 2. The SMILES string of the molecule is CCCCCCCC/C=C\CCCCCCCCCCCCCC(=O)O[C@H](COC(=O)CCC/C=C\C/C=C\C/C=C\C/C=C\CCCCCO)COP(=O)(O)OCC[N+](C)(C)C. The number of nitrogens with zero attached hydrogens (tertiary/aromatic N) is 1. The lowest BCUT2D eigenvalue weighted by Crippen LogP contribution is -2.37. The summed E-state index contributed by atoms with van der Waals surface area (Å²) < 4.78 is 34.3. The first kappa shape index (κ1) is 60.7. The number of likely N-dealkylation sites (N-methyl/N-ethyl adjacent to an activating group) is 1. The molecule has 2 N–H and O–H groups in total. The van der Waals surface area contributed by atoms with Crippen molar-refractivity contribution >= 4 is 19.8 Å². The average Bonchev–Trinajstić information content (AvgIpc) is 3.24. The molecule has 0 radical (unpaired) electrons. The average molecular weight is 909 g/mol. The number of rotatable bonds is 46. The molecule has 0 aliphatic carbocycles. The lowest BCUT2D eigenvalue weighted by molar-refractivity contribution is -0.870. The zero-order chi connectivity index (χ0) is 46.4. The van der Waals surface area contributed by atoms with Crippen molar-refractivity contribution in [2.75, 3.05) is 54.1 Å². The molecule has 0 spiro atoms. The van der Waals surface area contributed by atoms with Gasteiger partial charge in [0.2, 0.25) is 0 Å². The van der Waals surface area contributed by atoms with Crippen molar-refractivity contribution in [2.24, 2.45) is 0 Å². The molecule has 0 saturated heterocycles. The molecule has 0 aliphatic rings. The number of hydrogen-bond donors (Lipinski definition) is 2. The third-order valence-corrected chi connectivity index (χ3v) is 11.6. The second-order valence-electron chi connectivity index (χ2n) is 17.9. The van der Waals surface area contributed by atoms with Crippen LogP contribution < -0.4 is 0 Å². The summed E-state index contributed by atoms with van der Waals surface area (Å²) in [6.45, 7) is 2.37. The summed E-state index contributed by atoms with van der Waals surface area (Å²) in [5.41, 5.74) is 0. The van der Waals surface area contributed by atoms with Gasteiger partial charge in [-0.1, -0.05) is 164 Å². The van der Waals surface area contributed by atoms with Crippen LogP contribution in [-0.2, 0) is 32.7 Å². The van der Waals surface area contributed by atoms with Gasteiger partial charge >= 0.3 is 19.8 Å². The number of aliphatic hydroxyl groups is 1. The van der Waals surface area contributed by atoms with E-state index in [0.29, 0.717) is 23.9 Å². The number of allylic oxidation sites excluding steroid dienone is 10. The lowest BCUT2D eigenvalue weighted by Gasteiger charge is -2.24. The van der Waals surface area contributed by atoms with Crippen molar-refractivity contribution in [3.8, 4) is 0 Å². The van der Waals surface area contributed by atoms with Crippen LogP contribution >= 0.6 is 7.82 Å². The van der Waals surface area contributed by atoms with Gasteiger partial charge in [0.1, 0.15) is 19.8 Å². The largest absolute Gasteiger partial charge is 0.472 e. The second kappa shape index (κ2) is 44.9. The van der Waals surface area contributed by atoms with Gasteiger partial charge in [-0.3, -0.25) is 18.6 Å². The van der Waals surface area contributed by atoms with Gasteiger partial charge in [0.15, 0.2) is 6.10 Å². The minimum Gasteiger partial charge on any atom is -0.462 e. The molecule has 0 saturated carbocycles. The van der Waals surface area contributed by atoms with E-state index < -0.39 is 32.5 Å². The van der Waals surface area contributed by atoms with E-state index in [2.05, 4.69) is 67.7 Å². The molecule has 0 heterocycles. The summed E-state index contributed by atoms with van der Waals surface area (Å²) in [4.78, 5) is 35.5. The normalized spacial score (nSPS) is 13.9. The van der Waals surface area contributed by atoms with Crippen LogP contribution in [0.5, 0.6) is 0 Å². The Bertz CT molecular complexity index is 1260. The predicted octanol–water partition coefficient (Wildman–Crippen LogP) is 13.8. The third-order valence-electron chi connectivity index (χ3n) is 10.6. The van der Waals surface area contributed by atoms with Gasteiger partial charge in [-0.25, -0.2) is 4.57 Å². The van der Waals surface area contributed by atoms with Crippen molar-refractivity contribution in [2.45, 2.75) is 206 Å². The first-order valence-electron chi connectivity index (χ1n) is 25.1. The fourth-order valence-electron chi connectivity index (χ4n) is 6.63. The van der Waals surface area contributed by atoms with Crippen molar-refractivity contribution in [1.82, 2.24) is 0 Å². The Hall–Kier alpha value is -2.33. The number of phosphoric acid groups is 1. The molecular weight excluding hydrogens is 814 g/mol. The monoisotopic (exact) mass is 909 g/mol. The fraction of sp³-hybridized carbons (Fsp3) is 0.769. The minimum absolute atomic E-state index is 0.0168. The number of aliphatic hydroxyl groups excluding tert-OH is 1. The van der Waals surface area contributed by atoms with E-state index in [1.807, 2.05) is 21.1 Å². The summed E-state index contributed by atoms with van der Waals surface area (Å²) in [5.74, 6) is -0.878. The molecule has 0 rings (SSSR count). The molecule has 0 amide bonds. The predicted molar refractivity (Wildman–Crippen MR) is 262 cm³/mol. The summed E-state index contributed by atoms with van der Waals surface area (Å²) in [7, 11) is 1.43. The molecular formula is C52H95NO9P+. The summed E-state index contributed by atoms with van der Waals surface area (Å²) in [6, 6.07) is 0. The molecule has 366 valence electrons. The molecule has 0 bridgehead atoms. The third kappa shape index (κ3) is 49.0.